The van der Waals surface area contributed by atoms with Crippen LogP contribution in [0.1, 0.15) is 30.1 Å². The highest BCUT2D eigenvalue weighted by molar-refractivity contribution is 6.30. The number of Topliss-reactive ketones (excluding diaryl/α,β-unsaturated/α-hetero) is 1. The van der Waals surface area contributed by atoms with Crippen molar-refractivity contribution in [2.24, 2.45) is 5.92 Å². The van der Waals surface area contributed by atoms with E-state index in [1.807, 2.05) is 19.1 Å². The van der Waals surface area contributed by atoms with Crippen molar-refractivity contribution in [2.45, 2.75) is 19.8 Å². The Labute approximate surface area is 108 Å². The van der Waals surface area contributed by atoms with E-state index in [9.17, 15) is 4.79 Å². The number of halogens is 1. The SMILES string of the molecule is C[C@@H](CN1CCCC1)C(=O)c1ccc(Cl)cc1. The Morgan fingerprint density at radius 3 is 2.47 bits per heavy atom. The normalized spacial score (nSPS) is 18.2. The van der Waals surface area contributed by atoms with Crippen molar-refractivity contribution in [1.29, 1.82) is 0 Å². The summed E-state index contributed by atoms with van der Waals surface area (Å²) < 4.78 is 0. The molecule has 0 saturated carbocycles. The van der Waals surface area contributed by atoms with Crippen molar-refractivity contribution in [3.05, 3.63) is 34.9 Å². The molecule has 92 valence electrons. The number of nitrogens with zero attached hydrogens (tertiary/aromatic N) is 1. The van der Waals surface area contributed by atoms with Crippen LogP contribution in [0.3, 0.4) is 0 Å². The van der Waals surface area contributed by atoms with E-state index in [0.29, 0.717) is 5.02 Å². The van der Waals surface area contributed by atoms with Crippen LogP contribution < -0.4 is 0 Å². The van der Waals surface area contributed by atoms with Gasteiger partial charge in [-0.05, 0) is 50.2 Å². The van der Waals surface area contributed by atoms with Crippen LogP contribution in [0.5, 0.6) is 0 Å². The number of likely N-dealkylation sites (tertiary alicyclic amines) is 1. The molecule has 17 heavy (non-hydrogen) atoms. The van der Waals surface area contributed by atoms with Gasteiger partial charge in [0.2, 0.25) is 0 Å². The van der Waals surface area contributed by atoms with Gasteiger partial charge >= 0.3 is 0 Å². The molecule has 1 fully saturated rings. The standard InChI is InChI=1S/C14H18ClNO/c1-11(10-16-8-2-3-9-16)14(17)12-4-6-13(15)7-5-12/h4-7,11H,2-3,8-10H2,1H3/t11-/m0/s1. The van der Waals surface area contributed by atoms with E-state index < -0.39 is 0 Å². The van der Waals surface area contributed by atoms with Crippen LogP contribution >= 0.6 is 11.6 Å². The van der Waals surface area contributed by atoms with Crippen LogP contribution in [0.4, 0.5) is 0 Å². The highest BCUT2D eigenvalue weighted by Gasteiger charge is 2.20. The Bertz CT molecular complexity index is 382. The predicted molar refractivity (Wildman–Crippen MR) is 70.6 cm³/mol. The third-order valence-corrected chi connectivity index (χ3v) is 3.56. The molecule has 0 aromatic heterocycles. The van der Waals surface area contributed by atoms with Crippen molar-refractivity contribution >= 4 is 17.4 Å². The molecule has 1 saturated heterocycles. The summed E-state index contributed by atoms with van der Waals surface area (Å²) in [5, 5.41) is 0.675. The smallest absolute Gasteiger partial charge is 0.166 e. The fourth-order valence-corrected chi connectivity index (χ4v) is 2.46. The largest absolute Gasteiger partial charge is 0.303 e. The second-order valence-electron chi connectivity index (χ2n) is 4.78. The monoisotopic (exact) mass is 251 g/mol. The molecular formula is C14H18ClNO. The number of hydrogen-bond donors (Lipinski definition) is 0. The van der Waals surface area contributed by atoms with Crippen LogP contribution in [0.2, 0.25) is 5.02 Å². The first-order valence-corrected chi connectivity index (χ1v) is 6.57. The van der Waals surface area contributed by atoms with Crippen molar-refractivity contribution in [2.75, 3.05) is 19.6 Å². The molecule has 1 aliphatic heterocycles. The summed E-state index contributed by atoms with van der Waals surface area (Å²) in [4.78, 5) is 14.5. The van der Waals surface area contributed by atoms with Gasteiger partial charge in [0.05, 0.1) is 0 Å². The van der Waals surface area contributed by atoms with E-state index in [1.165, 1.54) is 12.8 Å². The zero-order valence-corrected chi connectivity index (χ0v) is 10.9. The number of hydrogen-bond acceptors (Lipinski definition) is 2. The van der Waals surface area contributed by atoms with Crippen LogP contribution in [0.25, 0.3) is 0 Å². The first kappa shape index (κ1) is 12.6. The molecule has 1 heterocycles. The van der Waals surface area contributed by atoms with Gasteiger partial charge in [-0.25, -0.2) is 0 Å². The minimum Gasteiger partial charge on any atom is -0.303 e. The quantitative estimate of drug-likeness (QED) is 0.766. The topological polar surface area (TPSA) is 20.3 Å². The minimum atomic E-state index is 0.0641. The Hall–Kier alpha value is -0.860. The molecule has 0 aliphatic carbocycles. The average Bonchev–Trinajstić information content (AvgIpc) is 2.82. The zero-order valence-electron chi connectivity index (χ0n) is 10.2. The number of benzene rings is 1. The Kier molecular flexibility index (Phi) is 4.19. The van der Waals surface area contributed by atoms with Gasteiger partial charge in [0.1, 0.15) is 0 Å². The maximum Gasteiger partial charge on any atom is 0.166 e. The molecule has 2 rings (SSSR count). The molecule has 0 N–H and O–H groups in total. The third kappa shape index (κ3) is 3.30. The predicted octanol–water partition coefficient (Wildman–Crippen LogP) is 3.25. The molecule has 1 aliphatic rings. The molecule has 0 radical (unpaired) electrons. The van der Waals surface area contributed by atoms with E-state index in [0.717, 1.165) is 25.2 Å². The fourth-order valence-electron chi connectivity index (χ4n) is 2.33. The summed E-state index contributed by atoms with van der Waals surface area (Å²) >= 11 is 5.81. The maximum atomic E-state index is 12.2. The van der Waals surface area contributed by atoms with Gasteiger partial charge < -0.3 is 4.90 Å². The minimum absolute atomic E-state index is 0.0641. The Morgan fingerprint density at radius 2 is 1.88 bits per heavy atom. The van der Waals surface area contributed by atoms with E-state index in [4.69, 9.17) is 11.6 Å². The van der Waals surface area contributed by atoms with Gasteiger partial charge in [0.15, 0.2) is 5.78 Å². The molecule has 0 unspecified atom stereocenters. The van der Waals surface area contributed by atoms with Crippen molar-refractivity contribution in [1.82, 2.24) is 4.90 Å². The van der Waals surface area contributed by atoms with E-state index in [2.05, 4.69) is 4.90 Å². The van der Waals surface area contributed by atoms with Gasteiger partial charge in [-0.1, -0.05) is 18.5 Å². The lowest BCUT2D eigenvalue weighted by Gasteiger charge is -2.19. The highest BCUT2D eigenvalue weighted by Crippen LogP contribution is 2.16. The van der Waals surface area contributed by atoms with Crippen molar-refractivity contribution in [3.8, 4) is 0 Å². The number of carbonyl (C=O) groups is 1. The molecule has 0 amide bonds. The number of rotatable bonds is 4. The Morgan fingerprint density at radius 1 is 1.29 bits per heavy atom. The van der Waals surface area contributed by atoms with Gasteiger partial charge in [-0.2, -0.15) is 0 Å². The zero-order chi connectivity index (χ0) is 12.3. The number of carbonyl (C=O) groups excluding carboxylic acids is 1. The second-order valence-corrected chi connectivity index (χ2v) is 5.22. The lowest BCUT2D eigenvalue weighted by Crippen LogP contribution is -2.29. The summed E-state index contributed by atoms with van der Waals surface area (Å²) in [6, 6.07) is 7.17. The Balaban J connectivity index is 1.96. The first-order chi connectivity index (χ1) is 8.16. The molecule has 1 aromatic carbocycles. The number of ketones is 1. The molecule has 0 bridgehead atoms. The van der Waals surface area contributed by atoms with Crippen LogP contribution in [-0.2, 0) is 0 Å². The lowest BCUT2D eigenvalue weighted by atomic mass is 9.99. The van der Waals surface area contributed by atoms with Gasteiger partial charge in [-0.3, -0.25) is 4.79 Å². The summed E-state index contributed by atoms with van der Waals surface area (Å²) in [6.45, 7) is 5.16. The average molecular weight is 252 g/mol. The van der Waals surface area contributed by atoms with Gasteiger partial charge in [-0.15, -0.1) is 0 Å². The van der Waals surface area contributed by atoms with Gasteiger partial charge in [0, 0.05) is 23.0 Å². The van der Waals surface area contributed by atoms with E-state index >= 15 is 0 Å². The summed E-state index contributed by atoms with van der Waals surface area (Å²) in [5.41, 5.74) is 0.765. The van der Waals surface area contributed by atoms with Crippen LogP contribution in [0.15, 0.2) is 24.3 Å². The van der Waals surface area contributed by atoms with Crippen LogP contribution in [-0.4, -0.2) is 30.3 Å². The van der Waals surface area contributed by atoms with Gasteiger partial charge in [0.25, 0.3) is 0 Å². The molecule has 2 nitrogen and oxygen atoms in total. The summed E-state index contributed by atoms with van der Waals surface area (Å²) in [7, 11) is 0. The van der Waals surface area contributed by atoms with Crippen molar-refractivity contribution in [3.63, 3.8) is 0 Å². The summed E-state index contributed by atoms with van der Waals surface area (Å²) in [6.07, 6.45) is 2.53. The van der Waals surface area contributed by atoms with E-state index in [1.54, 1.807) is 12.1 Å². The fraction of sp³-hybridized carbons (Fsp3) is 0.500. The molecule has 1 atom stereocenters. The summed E-state index contributed by atoms with van der Waals surface area (Å²) in [5.74, 6) is 0.280. The lowest BCUT2D eigenvalue weighted by molar-refractivity contribution is 0.0903. The third-order valence-electron chi connectivity index (χ3n) is 3.31. The highest BCUT2D eigenvalue weighted by atomic mass is 35.5. The molecule has 1 aromatic rings. The van der Waals surface area contributed by atoms with Crippen LogP contribution in [0, 0.1) is 5.92 Å². The van der Waals surface area contributed by atoms with E-state index in [-0.39, 0.29) is 11.7 Å². The molecular weight excluding hydrogens is 234 g/mol. The first-order valence-electron chi connectivity index (χ1n) is 6.19. The second kappa shape index (κ2) is 5.65. The van der Waals surface area contributed by atoms with Crippen molar-refractivity contribution < 1.29 is 4.79 Å². The molecule has 0 spiro atoms. The molecule has 3 heteroatoms. The maximum absolute atomic E-state index is 12.2.